The van der Waals surface area contributed by atoms with E-state index in [1.807, 2.05) is 18.6 Å². The molecule has 0 aromatic carbocycles. The third kappa shape index (κ3) is 1.85. The molecule has 1 N–H and O–H groups in total. The number of imidazole rings is 1. The van der Waals surface area contributed by atoms with Crippen LogP contribution in [0.4, 0.5) is 0 Å². The molecule has 2 aromatic rings. The van der Waals surface area contributed by atoms with Gasteiger partial charge in [0.15, 0.2) is 0 Å². The predicted octanol–water partition coefficient (Wildman–Crippen LogP) is 2.15. The van der Waals surface area contributed by atoms with E-state index < -0.39 is 0 Å². The summed E-state index contributed by atoms with van der Waals surface area (Å²) >= 11 is 0. The lowest BCUT2D eigenvalue weighted by molar-refractivity contribution is 0.451. The summed E-state index contributed by atoms with van der Waals surface area (Å²) in [5, 5.41) is 0. The number of nitrogens with zero attached hydrogens (tertiary/aromatic N) is 2. The Hall–Kier alpha value is -1.64. The van der Waals surface area contributed by atoms with E-state index in [0.717, 1.165) is 18.8 Å². The quantitative estimate of drug-likeness (QED) is 0.830. The van der Waals surface area contributed by atoms with Gasteiger partial charge < -0.3 is 4.98 Å². The molecule has 82 valence electrons. The number of aromatic amines is 1. The summed E-state index contributed by atoms with van der Waals surface area (Å²) in [6.07, 6.45) is 12.3. The molecule has 1 unspecified atom stereocenters. The van der Waals surface area contributed by atoms with Crippen LogP contribution in [-0.4, -0.2) is 15.0 Å². The molecule has 16 heavy (non-hydrogen) atoms. The van der Waals surface area contributed by atoms with Gasteiger partial charge in [-0.05, 0) is 48.8 Å². The van der Waals surface area contributed by atoms with Gasteiger partial charge in [0.05, 0.1) is 6.33 Å². The molecular weight excluding hydrogens is 198 g/mol. The van der Waals surface area contributed by atoms with E-state index in [1.54, 1.807) is 6.33 Å². The maximum Gasteiger partial charge on any atom is 0.0921 e. The molecule has 3 rings (SSSR count). The topological polar surface area (TPSA) is 41.6 Å². The Balaban J connectivity index is 1.73. The normalized spacial score (nSPS) is 19.4. The second kappa shape index (κ2) is 4.08. The van der Waals surface area contributed by atoms with Crippen LogP contribution in [0.25, 0.3) is 0 Å². The lowest BCUT2D eigenvalue weighted by Crippen LogP contribution is -2.16. The van der Waals surface area contributed by atoms with Crippen LogP contribution in [0.2, 0.25) is 0 Å². The van der Waals surface area contributed by atoms with Crippen molar-refractivity contribution in [1.29, 1.82) is 0 Å². The van der Waals surface area contributed by atoms with Crippen molar-refractivity contribution >= 4 is 0 Å². The highest BCUT2D eigenvalue weighted by molar-refractivity contribution is 5.26. The van der Waals surface area contributed by atoms with Crippen molar-refractivity contribution < 1.29 is 0 Å². The first kappa shape index (κ1) is 9.58. The largest absolute Gasteiger partial charge is 0.348 e. The van der Waals surface area contributed by atoms with Gasteiger partial charge in [-0.15, -0.1) is 0 Å². The second-order valence-corrected chi connectivity index (χ2v) is 4.53. The highest BCUT2D eigenvalue weighted by atomic mass is 14.9. The van der Waals surface area contributed by atoms with Gasteiger partial charge in [0, 0.05) is 24.3 Å². The highest BCUT2D eigenvalue weighted by Crippen LogP contribution is 2.26. The van der Waals surface area contributed by atoms with E-state index in [9.17, 15) is 0 Å². The SMILES string of the molecule is c1cc2c(cn1)CC(Cc1cnc[nH]1)CC2. The zero-order valence-corrected chi connectivity index (χ0v) is 9.19. The number of hydrogen-bond acceptors (Lipinski definition) is 2. The number of aromatic nitrogens is 3. The van der Waals surface area contributed by atoms with Gasteiger partial charge in [-0.2, -0.15) is 0 Å². The molecule has 1 aliphatic rings. The summed E-state index contributed by atoms with van der Waals surface area (Å²) in [6.45, 7) is 0. The van der Waals surface area contributed by atoms with Crippen LogP contribution in [0.3, 0.4) is 0 Å². The van der Waals surface area contributed by atoms with Crippen molar-refractivity contribution in [2.75, 3.05) is 0 Å². The van der Waals surface area contributed by atoms with Crippen molar-refractivity contribution in [1.82, 2.24) is 15.0 Å². The average Bonchev–Trinajstić information content (AvgIpc) is 2.82. The molecule has 2 heterocycles. The van der Waals surface area contributed by atoms with Crippen molar-refractivity contribution in [3.05, 3.63) is 47.8 Å². The monoisotopic (exact) mass is 213 g/mol. The van der Waals surface area contributed by atoms with Gasteiger partial charge in [-0.3, -0.25) is 4.98 Å². The van der Waals surface area contributed by atoms with Crippen molar-refractivity contribution in [3.8, 4) is 0 Å². The molecule has 0 saturated heterocycles. The molecule has 0 aliphatic heterocycles. The fourth-order valence-corrected chi connectivity index (χ4v) is 2.54. The minimum absolute atomic E-state index is 0.733. The smallest absolute Gasteiger partial charge is 0.0921 e. The fourth-order valence-electron chi connectivity index (χ4n) is 2.54. The van der Waals surface area contributed by atoms with Crippen LogP contribution >= 0.6 is 0 Å². The zero-order valence-electron chi connectivity index (χ0n) is 9.19. The minimum atomic E-state index is 0.733. The van der Waals surface area contributed by atoms with E-state index in [-0.39, 0.29) is 0 Å². The Morgan fingerprint density at radius 3 is 3.12 bits per heavy atom. The van der Waals surface area contributed by atoms with Gasteiger partial charge in [0.1, 0.15) is 0 Å². The minimum Gasteiger partial charge on any atom is -0.348 e. The summed E-state index contributed by atoms with van der Waals surface area (Å²) in [4.78, 5) is 11.5. The van der Waals surface area contributed by atoms with Crippen LogP contribution in [-0.2, 0) is 19.3 Å². The molecule has 3 heteroatoms. The Morgan fingerprint density at radius 1 is 1.25 bits per heavy atom. The molecule has 0 amide bonds. The van der Waals surface area contributed by atoms with Gasteiger partial charge in [0.2, 0.25) is 0 Å². The first-order chi connectivity index (χ1) is 7.92. The molecular formula is C13H15N3. The molecule has 2 aromatic heterocycles. The summed E-state index contributed by atoms with van der Waals surface area (Å²) < 4.78 is 0. The number of pyridine rings is 1. The Kier molecular flexibility index (Phi) is 2.44. The molecule has 1 aliphatic carbocycles. The second-order valence-electron chi connectivity index (χ2n) is 4.53. The standard InChI is InChI=1S/C13H15N3/c1-2-11-3-4-14-7-12(11)5-10(1)6-13-8-15-9-16-13/h3-4,7-10H,1-2,5-6H2,(H,15,16). The number of rotatable bonds is 2. The molecule has 0 spiro atoms. The van der Waals surface area contributed by atoms with E-state index in [0.29, 0.717) is 0 Å². The molecule has 1 atom stereocenters. The number of fused-ring (bicyclic) bond motifs is 1. The van der Waals surface area contributed by atoms with Gasteiger partial charge in [-0.25, -0.2) is 4.98 Å². The number of nitrogens with one attached hydrogen (secondary N) is 1. The van der Waals surface area contributed by atoms with Crippen LogP contribution in [0.15, 0.2) is 31.0 Å². The third-order valence-electron chi connectivity index (χ3n) is 3.40. The van der Waals surface area contributed by atoms with Crippen LogP contribution < -0.4 is 0 Å². The molecule has 3 nitrogen and oxygen atoms in total. The Labute approximate surface area is 95.0 Å². The van der Waals surface area contributed by atoms with Gasteiger partial charge in [-0.1, -0.05) is 0 Å². The molecule has 0 bridgehead atoms. The number of H-pyrrole nitrogens is 1. The number of aryl methyl sites for hydroxylation is 1. The Bertz CT molecular complexity index is 462. The van der Waals surface area contributed by atoms with E-state index >= 15 is 0 Å². The van der Waals surface area contributed by atoms with E-state index in [2.05, 4.69) is 21.0 Å². The Morgan fingerprint density at radius 2 is 2.25 bits per heavy atom. The van der Waals surface area contributed by atoms with E-state index in [1.165, 1.54) is 29.7 Å². The van der Waals surface area contributed by atoms with Gasteiger partial charge >= 0.3 is 0 Å². The molecule has 0 fully saturated rings. The molecule has 0 saturated carbocycles. The maximum absolute atomic E-state index is 4.21. The lowest BCUT2D eigenvalue weighted by Gasteiger charge is -2.23. The first-order valence-corrected chi connectivity index (χ1v) is 5.81. The number of hydrogen-bond donors (Lipinski definition) is 1. The highest BCUT2D eigenvalue weighted by Gasteiger charge is 2.19. The average molecular weight is 213 g/mol. The zero-order chi connectivity index (χ0) is 10.8. The summed E-state index contributed by atoms with van der Waals surface area (Å²) in [6, 6.07) is 2.15. The molecule has 0 radical (unpaired) electrons. The first-order valence-electron chi connectivity index (χ1n) is 5.81. The summed E-state index contributed by atoms with van der Waals surface area (Å²) in [5.74, 6) is 0.733. The van der Waals surface area contributed by atoms with Crippen molar-refractivity contribution in [2.24, 2.45) is 5.92 Å². The van der Waals surface area contributed by atoms with E-state index in [4.69, 9.17) is 0 Å². The fraction of sp³-hybridized carbons (Fsp3) is 0.385. The van der Waals surface area contributed by atoms with Crippen LogP contribution in [0.5, 0.6) is 0 Å². The van der Waals surface area contributed by atoms with Crippen molar-refractivity contribution in [3.63, 3.8) is 0 Å². The lowest BCUT2D eigenvalue weighted by atomic mass is 9.83. The summed E-state index contributed by atoms with van der Waals surface area (Å²) in [7, 11) is 0. The van der Waals surface area contributed by atoms with Crippen molar-refractivity contribution in [2.45, 2.75) is 25.7 Å². The predicted molar refractivity (Wildman–Crippen MR) is 62.0 cm³/mol. The van der Waals surface area contributed by atoms with Gasteiger partial charge in [0.25, 0.3) is 0 Å². The maximum atomic E-state index is 4.21. The summed E-state index contributed by atoms with van der Waals surface area (Å²) in [5.41, 5.74) is 4.16. The van der Waals surface area contributed by atoms with Crippen LogP contribution in [0, 0.1) is 5.92 Å². The third-order valence-corrected chi connectivity index (χ3v) is 3.40. The van der Waals surface area contributed by atoms with Crippen LogP contribution in [0.1, 0.15) is 23.2 Å².